The second kappa shape index (κ2) is 5.95. The largest absolute Gasteiger partial charge is 0.490 e. The maximum absolute atomic E-state index is 12.0. The summed E-state index contributed by atoms with van der Waals surface area (Å²) in [5, 5.41) is 19.6. The molecular formula is C10H14N2O6S. The molecule has 1 rings (SSSR count). The van der Waals surface area contributed by atoms with E-state index in [2.05, 4.69) is 0 Å². The van der Waals surface area contributed by atoms with Gasteiger partial charge in [0.2, 0.25) is 10.0 Å². The van der Waals surface area contributed by atoms with E-state index < -0.39 is 20.6 Å². The summed E-state index contributed by atoms with van der Waals surface area (Å²) < 4.78 is 29.8. The van der Waals surface area contributed by atoms with E-state index >= 15 is 0 Å². The van der Waals surface area contributed by atoms with Crippen molar-refractivity contribution < 1.29 is 23.2 Å². The Labute approximate surface area is 110 Å². The first-order chi connectivity index (χ1) is 8.84. The standard InChI is InChI=1S/C10H14N2O6S/c1-11(5-6-13)19(16,17)8-3-4-10(18-2)9(7-8)12(14)15/h3-4,7,13H,5-6H2,1-2H3. The highest BCUT2D eigenvalue weighted by Crippen LogP contribution is 2.30. The Hall–Kier alpha value is -1.71. The van der Waals surface area contributed by atoms with E-state index in [4.69, 9.17) is 9.84 Å². The van der Waals surface area contributed by atoms with Gasteiger partial charge in [0.1, 0.15) is 0 Å². The van der Waals surface area contributed by atoms with Gasteiger partial charge in [-0.25, -0.2) is 8.42 Å². The molecule has 0 spiro atoms. The Bertz CT molecular complexity index is 571. The predicted octanol–water partition coefficient (Wildman–Crippen LogP) is 0.216. The summed E-state index contributed by atoms with van der Waals surface area (Å²) >= 11 is 0. The lowest BCUT2D eigenvalue weighted by atomic mass is 10.3. The molecule has 0 heterocycles. The van der Waals surface area contributed by atoms with Gasteiger partial charge in [0.05, 0.1) is 23.5 Å². The molecule has 0 radical (unpaired) electrons. The average molecular weight is 290 g/mol. The fourth-order valence-corrected chi connectivity index (χ4v) is 2.60. The molecule has 1 aromatic carbocycles. The van der Waals surface area contributed by atoms with Gasteiger partial charge in [-0.1, -0.05) is 0 Å². The SMILES string of the molecule is COc1ccc(S(=O)(=O)N(C)CCO)cc1[N+](=O)[O-]. The first-order valence-corrected chi connectivity index (χ1v) is 6.68. The number of methoxy groups -OCH3 is 1. The molecule has 0 saturated carbocycles. The molecule has 0 aliphatic carbocycles. The third-order valence-electron chi connectivity index (χ3n) is 2.47. The number of aliphatic hydroxyl groups is 1. The van der Waals surface area contributed by atoms with Gasteiger partial charge in [0, 0.05) is 19.7 Å². The number of ether oxygens (including phenoxy) is 1. The molecule has 106 valence electrons. The van der Waals surface area contributed by atoms with E-state index in [0.717, 1.165) is 10.4 Å². The maximum Gasteiger partial charge on any atom is 0.312 e. The van der Waals surface area contributed by atoms with Crippen LogP contribution < -0.4 is 4.74 Å². The van der Waals surface area contributed by atoms with Gasteiger partial charge in [-0.2, -0.15) is 4.31 Å². The molecule has 1 aromatic rings. The first-order valence-electron chi connectivity index (χ1n) is 5.24. The number of rotatable bonds is 6. The van der Waals surface area contributed by atoms with Crippen LogP contribution in [0, 0.1) is 10.1 Å². The molecule has 0 aliphatic rings. The highest BCUT2D eigenvalue weighted by atomic mass is 32.2. The lowest BCUT2D eigenvalue weighted by Gasteiger charge is -2.15. The first kappa shape index (κ1) is 15.3. The minimum Gasteiger partial charge on any atom is -0.490 e. The monoisotopic (exact) mass is 290 g/mol. The Balaban J connectivity index is 3.29. The van der Waals surface area contributed by atoms with Crippen molar-refractivity contribution in [2.75, 3.05) is 27.3 Å². The van der Waals surface area contributed by atoms with E-state index in [1.54, 1.807) is 0 Å². The van der Waals surface area contributed by atoms with Crippen molar-refractivity contribution >= 4 is 15.7 Å². The highest BCUT2D eigenvalue weighted by Gasteiger charge is 2.25. The number of likely N-dealkylation sites (N-methyl/N-ethyl adjacent to an activating group) is 1. The summed E-state index contributed by atoms with van der Waals surface area (Å²) in [4.78, 5) is 9.89. The summed E-state index contributed by atoms with van der Waals surface area (Å²) in [6.07, 6.45) is 0. The predicted molar refractivity (Wildman–Crippen MR) is 66.6 cm³/mol. The molecule has 0 bridgehead atoms. The van der Waals surface area contributed by atoms with Crippen LogP contribution >= 0.6 is 0 Å². The molecule has 8 nitrogen and oxygen atoms in total. The minimum atomic E-state index is -3.87. The van der Waals surface area contributed by atoms with Crippen LogP contribution in [0.3, 0.4) is 0 Å². The zero-order valence-corrected chi connectivity index (χ0v) is 11.3. The number of benzene rings is 1. The van der Waals surface area contributed by atoms with Gasteiger partial charge in [0.25, 0.3) is 0 Å². The summed E-state index contributed by atoms with van der Waals surface area (Å²) in [5.41, 5.74) is -0.430. The zero-order valence-electron chi connectivity index (χ0n) is 10.4. The van der Waals surface area contributed by atoms with E-state index in [1.165, 1.54) is 26.3 Å². The van der Waals surface area contributed by atoms with Crippen molar-refractivity contribution in [1.82, 2.24) is 4.31 Å². The maximum atomic E-state index is 12.0. The highest BCUT2D eigenvalue weighted by molar-refractivity contribution is 7.89. The number of sulfonamides is 1. The average Bonchev–Trinajstić information content (AvgIpc) is 2.38. The molecule has 0 aromatic heterocycles. The molecule has 0 saturated heterocycles. The fourth-order valence-electron chi connectivity index (χ4n) is 1.41. The second-order valence-corrected chi connectivity index (χ2v) is 5.69. The number of aliphatic hydroxyl groups excluding tert-OH is 1. The molecule has 0 atom stereocenters. The van der Waals surface area contributed by atoms with Crippen LogP contribution in [0.25, 0.3) is 0 Å². The van der Waals surface area contributed by atoms with Gasteiger partial charge in [-0.05, 0) is 12.1 Å². The molecule has 0 amide bonds. The van der Waals surface area contributed by atoms with Gasteiger partial charge in [-0.15, -0.1) is 0 Å². The summed E-state index contributed by atoms with van der Waals surface area (Å²) in [5.74, 6) is -0.0197. The van der Waals surface area contributed by atoms with Crippen LogP contribution in [0.1, 0.15) is 0 Å². The normalized spacial score (nSPS) is 11.6. The van der Waals surface area contributed by atoms with E-state index in [-0.39, 0.29) is 23.8 Å². The van der Waals surface area contributed by atoms with Crippen LogP contribution in [0.5, 0.6) is 5.75 Å². The molecule has 0 unspecified atom stereocenters. The van der Waals surface area contributed by atoms with Gasteiger partial charge < -0.3 is 9.84 Å². The van der Waals surface area contributed by atoms with Crippen molar-refractivity contribution in [1.29, 1.82) is 0 Å². The fraction of sp³-hybridized carbons (Fsp3) is 0.400. The van der Waals surface area contributed by atoms with Gasteiger partial charge >= 0.3 is 5.69 Å². The van der Waals surface area contributed by atoms with Crippen molar-refractivity contribution in [3.8, 4) is 5.75 Å². The molecule has 9 heteroatoms. The number of nitro groups is 1. The molecular weight excluding hydrogens is 276 g/mol. The third kappa shape index (κ3) is 3.19. The van der Waals surface area contributed by atoms with E-state index in [1.807, 2.05) is 0 Å². The van der Waals surface area contributed by atoms with Crippen molar-refractivity contribution in [3.05, 3.63) is 28.3 Å². The molecule has 0 aliphatic heterocycles. The van der Waals surface area contributed by atoms with Crippen LogP contribution in [0.15, 0.2) is 23.1 Å². The Morgan fingerprint density at radius 3 is 2.58 bits per heavy atom. The Morgan fingerprint density at radius 1 is 1.47 bits per heavy atom. The van der Waals surface area contributed by atoms with Crippen LogP contribution in [0.4, 0.5) is 5.69 Å². The molecule has 1 N–H and O–H groups in total. The zero-order chi connectivity index (χ0) is 14.6. The van der Waals surface area contributed by atoms with E-state index in [9.17, 15) is 18.5 Å². The summed E-state index contributed by atoms with van der Waals surface area (Å²) in [6.45, 7) is -0.434. The van der Waals surface area contributed by atoms with Crippen LogP contribution in [-0.2, 0) is 10.0 Å². The Kier molecular flexibility index (Phi) is 4.81. The quantitative estimate of drug-likeness (QED) is 0.592. The number of nitro benzene ring substituents is 1. The smallest absolute Gasteiger partial charge is 0.312 e. The lowest BCUT2D eigenvalue weighted by Crippen LogP contribution is -2.29. The number of nitrogens with zero attached hydrogens (tertiary/aromatic N) is 2. The minimum absolute atomic E-state index is 0.0197. The molecule has 0 fully saturated rings. The third-order valence-corrected chi connectivity index (χ3v) is 4.32. The summed E-state index contributed by atoms with van der Waals surface area (Å²) in [6, 6.07) is 3.37. The second-order valence-electron chi connectivity index (χ2n) is 3.64. The lowest BCUT2D eigenvalue weighted by molar-refractivity contribution is -0.386. The van der Waals surface area contributed by atoms with E-state index in [0.29, 0.717) is 0 Å². The van der Waals surface area contributed by atoms with Crippen molar-refractivity contribution in [2.24, 2.45) is 0 Å². The molecule has 19 heavy (non-hydrogen) atoms. The van der Waals surface area contributed by atoms with Crippen LogP contribution in [-0.4, -0.2) is 50.1 Å². The topological polar surface area (TPSA) is 110 Å². The number of hydrogen-bond donors (Lipinski definition) is 1. The van der Waals surface area contributed by atoms with Crippen LogP contribution in [0.2, 0.25) is 0 Å². The van der Waals surface area contributed by atoms with Gasteiger partial charge in [-0.3, -0.25) is 10.1 Å². The van der Waals surface area contributed by atoms with Gasteiger partial charge in [0.15, 0.2) is 5.75 Å². The van der Waals surface area contributed by atoms with Crippen molar-refractivity contribution in [3.63, 3.8) is 0 Å². The van der Waals surface area contributed by atoms with Crippen molar-refractivity contribution in [2.45, 2.75) is 4.90 Å². The number of hydrogen-bond acceptors (Lipinski definition) is 6. The summed E-state index contributed by atoms with van der Waals surface area (Å²) in [7, 11) is -1.33. The Morgan fingerprint density at radius 2 is 2.11 bits per heavy atom.